The molecule has 2 aromatic heterocycles. The second kappa shape index (κ2) is 3.07. The summed E-state index contributed by atoms with van der Waals surface area (Å²) < 4.78 is 2.82. The van der Waals surface area contributed by atoms with Gasteiger partial charge in [-0.15, -0.1) is 22.7 Å². The van der Waals surface area contributed by atoms with Crippen molar-refractivity contribution in [3.8, 4) is 0 Å². The van der Waals surface area contributed by atoms with E-state index in [1.807, 2.05) is 22.7 Å². The molecule has 0 unspecified atom stereocenters. The minimum absolute atomic E-state index is 1.15. The third-order valence-electron chi connectivity index (χ3n) is 2.49. The summed E-state index contributed by atoms with van der Waals surface area (Å²) in [7, 11) is 0. The highest BCUT2D eigenvalue weighted by Gasteiger charge is 2.02. The van der Waals surface area contributed by atoms with Crippen LogP contribution in [0.15, 0.2) is 29.6 Å². The largest absolute Gasteiger partial charge is 0.144 e. The number of hydrogen-bond donors (Lipinski definition) is 0. The molecule has 14 heavy (non-hydrogen) atoms. The predicted molar refractivity (Wildman–Crippen MR) is 66.6 cm³/mol. The molecule has 0 N–H and O–H groups in total. The van der Waals surface area contributed by atoms with Gasteiger partial charge in [0, 0.05) is 14.3 Å². The molecule has 0 aliphatic heterocycles. The van der Waals surface area contributed by atoms with Crippen LogP contribution in [0.4, 0.5) is 0 Å². The second-order valence-corrected chi connectivity index (χ2v) is 5.53. The first-order chi connectivity index (χ1) is 6.86. The van der Waals surface area contributed by atoms with Gasteiger partial charge in [-0.2, -0.15) is 0 Å². The maximum atomic E-state index is 2.32. The highest BCUT2D eigenvalue weighted by Crippen LogP contribution is 2.32. The number of hydrogen-bond acceptors (Lipinski definition) is 2. The van der Waals surface area contributed by atoms with E-state index in [9.17, 15) is 0 Å². The fraction of sp³-hybridized carbons (Fsp3) is 0.167. The molecular weight excluding hydrogens is 208 g/mol. The molecule has 70 valence electrons. The van der Waals surface area contributed by atoms with Crippen molar-refractivity contribution in [3.63, 3.8) is 0 Å². The summed E-state index contributed by atoms with van der Waals surface area (Å²) in [5.74, 6) is 0. The van der Waals surface area contributed by atoms with Gasteiger partial charge in [0.25, 0.3) is 0 Å². The Balaban J connectivity index is 2.40. The van der Waals surface area contributed by atoms with Crippen molar-refractivity contribution >= 4 is 42.8 Å². The molecule has 3 rings (SSSR count). The summed E-state index contributed by atoms with van der Waals surface area (Å²) in [6.07, 6.45) is 1.15. The molecule has 0 amide bonds. The third kappa shape index (κ3) is 1.18. The standard InChI is InChI=1S/C12H10S2/c1-2-10-5-9-7-11-8(3-4-13-11)6-12(9)14-10/h3-7H,2H2,1H3. The molecule has 0 atom stereocenters. The summed E-state index contributed by atoms with van der Waals surface area (Å²) >= 11 is 3.74. The first kappa shape index (κ1) is 8.45. The van der Waals surface area contributed by atoms with Crippen LogP contribution in [0.2, 0.25) is 0 Å². The smallest absolute Gasteiger partial charge is 0.0352 e. The number of benzene rings is 1. The predicted octanol–water partition coefficient (Wildman–Crippen LogP) is 4.68. The van der Waals surface area contributed by atoms with Crippen molar-refractivity contribution in [1.29, 1.82) is 0 Å². The lowest BCUT2D eigenvalue weighted by molar-refractivity contribution is 1.19. The minimum Gasteiger partial charge on any atom is -0.144 e. The van der Waals surface area contributed by atoms with Crippen LogP contribution in [0.1, 0.15) is 11.8 Å². The van der Waals surface area contributed by atoms with Gasteiger partial charge < -0.3 is 0 Å². The van der Waals surface area contributed by atoms with E-state index in [0.29, 0.717) is 0 Å². The Labute approximate surface area is 90.8 Å². The molecule has 2 heterocycles. The van der Waals surface area contributed by atoms with Crippen LogP contribution < -0.4 is 0 Å². The fourth-order valence-electron chi connectivity index (χ4n) is 1.72. The average molecular weight is 218 g/mol. The van der Waals surface area contributed by atoms with Gasteiger partial charge >= 0.3 is 0 Å². The SMILES string of the molecule is CCc1cc2cc3sccc3cc2s1. The lowest BCUT2D eigenvalue weighted by atomic mass is 10.2. The highest BCUT2D eigenvalue weighted by atomic mass is 32.1. The Morgan fingerprint density at radius 1 is 1.07 bits per heavy atom. The monoisotopic (exact) mass is 218 g/mol. The summed E-state index contributed by atoms with van der Waals surface area (Å²) in [6.45, 7) is 2.22. The Morgan fingerprint density at radius 3 is 2.79 bits per heavy atom. The van der Waals surface area contributed by atoms with E-state index in [2.05, 4.69) is 36.6 Å². The van der Waals surface area contributed by atoms with E-state index in [1.54, 1.807) is 0 Å². The van der Waals surface area contributed by atoms with E-state index >= 15 is 0 Å². The molecule has 0 saturated carbocycles. The topological polar surface area (TPSA) is 0 Å². The van der Waals surface area contributed by atoms with Gasteiger partial charge in [-0.1, -0.05) is 6.92 Å². The number of fused-ring (bicyclic) bond motifs is 2. The lowest BCUT2D eigenvalue weighted by Gasteiger charge is -1.89. The van der Waals surface area contributed by atoms with E-state index in [1.165, 1.54) is 25.0 Å². The van der Waals surface area contributed by atoms with Crippen LogP contribution in [-0.4, -0.2) is 0 Å². The molecule has 1 aromatic carbocycles. The molecule has 0 aliphatic carbocycles. The Kier molecular flexibility index (Phi) is 1.85. The molecule has 0 saturated heterocycles. The van der Waals surface area contributed by atoms with Crippen LogP contribution in [0.3, 0.4) is 0 Å². The summed E-state index contributed by atoms with van der Waals surface area (Å²) in [5.41, 5.74) is 0. The van der Waals surface area contributed by atoms with Crippen LogP contribution in [0, 0.1) is 0 Å². The number of aryl methyl sites for hydroxylation is 1. The van der Waals surface area contributed by atoms with Crippen LogP contribution >= 0.6 is 22.7 Å². The van der Waals surface area contributed by atoms with Crippen molar-refractivity contribution in [2.75, 3.05) is 0 Å². The van der Waals surface area contributed by atoms with Gasteiger partial charge in [0.1, 0.15) is 0 Å². The summed E-state index contributed by atoms with van der Waals surface area (Å²) in [4.78, 5) is 1.48. The first-order valence-corrected chi connectivity index (χ1v) is 6.46. The Bertz CT molecular complexity index is 538. The maximum absolute atomic E-state index is 2.32. The van der Waals surface area contributed by atoms with Crippen LogP contribution in [0.25, 0.3) is 20.2 Å². The van der Waals surface area contributed by atoms with E-state index in [0.717, 1.165) is 6.42 Å². The zero-order valence-electron chi connectivity index (χ0n) is 7.91. The fourth-order valence-corrected chi connectivity index (χ4v) is 3.58. The Morgan fingerprint density at radius 2 is 1.93 bits per heavy atom. The molecule has 0 aliphatic rings. The van der Waals surface area contributed by atoms with Gasteiger partial charge in [-0.25, -0.2) is 0 Å². The van der Waals surface area contributed by atoms with E-state index in [-0.39, 0.29) is 0 Å². The van der Waals surface area contributed by atoms with Crippen LogP contribution in [0.5, 0.6) is 0 Å². The molecule has 0 bridgehead atoms. The van der Waals surface area contributed by atoms with Crippen molar-refractivity contribution in [3.05, 3.63) is 34.5 Å². The van der Waals surface area contributed by atoms with E-state index < -0.39 is 0 Å². The molecule has 0 radical (unpaired) electrons. The minimum atomic E-state index is 1.15. The zero-order chi connectivity index (χ0) is 9.54. The molecule has 0 nitrogen and oxygen atoms in total. The third-order valence-corrected chi connectivity index (χ3v) is 4.61. The lowest BCUT2D eigenvalue weighted by Crippen LogP contribution is -1.64. The van der Waals surface area contributed by atoms with Gasteiger partial charge in [0.05, 0.1) is 0 Å². The van der Waals surface area contributed by atoms with Crippen molar-refractivity contribution < 1.29 is 0 Å². The summed E-state index contributed by atoms with van der Waals surface area (Å²) in [6, 6.07) is 9.14. The summed E-state index contributed by atoms with van der Waals surface area (Å²) in [5, 5.41) is 4.95. The maximum Gasteiger partial charge on any atom is 0.0352 e. The second-order valence-electron chi connectivity index (χ2n) is 3.41. The number of thiophene rings is 2. The van der Waals surface area contributed by atoms with Crippen molar-refractivity contribution in [2.24, 2.45) is 0 Å². The number of rotatable bonds is 1. The molecule has 2 heteroatoms. The molecular formula is C12H10S2. The van der Waals surface area contributed by atoms with Gasteiger partial charge in [0.15, 0.2) is 0 Å². The van der Waals surface area contributed by atoms with Gasteiger partial charge in [-0.3, -0.25) is 0 Å². The highest BCUT2D eigenvalue weighted by molar-refractivity contribution is 7.20. The average Bonchev–Trinajstić information content (AvgIpc) is 2.77. The van der Waals surface area contributed by atoms with Gasteiger partial charge in [0.2, 0.25) is 0 Å². The molecule has 3 aromatic rings. The van der Waals surface area contributed by atoms with Gasteiger partial charge in [-0.05, 0) is 46.8 Å². The van der Waals surface area contributed by atoms with Crippen LogP contribution in [-0.2, 0) is 6.42 Å². The van der Waals surface area contributed by atoms with Crippen molar-refractivity contribution in [1.82, 2.24) is 0 Å². The normalized spacial score (nSPS) is 11.5. The quantitative estimate of drug-likeness (QED) is 0.556. The molecule has 0 spiro atoms. The zero-order valence-corrected chi connectivity index (χ0v) is 9.54. The van der Waals surface area contributed by atoms with E-state index in [4.69, 9.17) is 0 Å². The van der Waals surface area contributed by atoms with Crippen molar-refractivity contribution in [2.45, 2.75) is 13.3 Å². The first-order valence-electron chi connectivity index (χ1n) is 4.76. The molecule has 0 fully saturated rings. The Hall–Kier alpha value is -0.860.